The van der Waals surface area contributed by atoms with Crippen molar-refractivity contribution in [3.63, 3.8) is 0 Å². The van der Waals surface area contributed by atoms with Gasteiger partial charge in [0.05, 0.1) is 4.90 Å². The smallest absolute Gasteiger partial charge is 0.251 e. The number of piperidine rings is 1. The maximum absolute atomic E-state index is 12.7. The molecule has 0 bridgehead atoms. The molecule has 0 radical (unpaired) electrons. The fraction of sp³-hybridized carbons (Fsp3) is 0.381. The van der Waals surface area contributed by atoms with E-state index in [-0.39, 0.29) is 5.91 Å². The first kappa shape index (κ1) is 20.4. The first-order valence-corrected chi connectivity index (χ1v) is 11.0. The van der Waals surface area contributed by atoms with Crippen LogP contribution in [-0.4, -0.2) is 45.8 Å². The van der Waals surface area contributed by atoms with Gasteiger partial charge in [-0.1, -0.05) is 24.6 Å². The summed E-state index contributed by atoms with van der Waals surface area (Å²) in [6.07, 6.45) is 2.92. The molecule has 1 N–H and O–H groups in total. The average Bonchev–Trinajstić information content (AvgIpc) is 2.73. The van der Waals surface area contributed by atoms with Crippen LogP contribution in [0.2, 0.25) is 0 Å². The Hall–Kier alpha value is -2.38. The molecule has 1 heterocycles. The van der Waals surface area contributed by atoms with Crippen molar-refractivity contribution < 1.29 is 13.2 Å². The second-order valence-corrected chi connectivity index (χ2v) is 9.17. The second kappa shape index (κ2) is 8.75. The van der Waals surface area contributed by atoms with Crippen LogP contribution >= 0.6 is 0 Å². The van der Waals surface area contributed by atoms with E-state index >= 15 is 0 Å². The number of hydrogen-bond donors (Lipinski definition) is 1. The van der Waals surface area contributed by atoms with Crippen LogP contribution < -0.4 is 10.2 Å². The molecule has 2 aromatic rings. The molecule has 1 fully saturated rings. The molecule has 150 valence electrons. The van der Waals surface area contributed by atoms with Crippen LogP contribution in [0.25, 0.3) is 0 Å². The molecule has 2 aromatic carbocycles. The quantitative estimate of drug-likeness (QED) is 0.808. The molecular formula is C21H27N3O3S. The molecule has 0 spiro atoms. The lowest BCUT2D eigenvalue weighted by Gasteiger charge is -2.25. The lowest BCUT2D eigenvalue weighted by molar-refractivity contribution is 0.0951. The minimum atomic E-state index is -3.42. The van der Waals surface area contributed by atoms with Crippen LogP contribution in [0.15, 0.2) is 53.4 Å². The molecule has 1 saturated heterocycles. The Bertz CT molecular complexity index is 918. The largest absolute Gasteiger partial charge is 0.378 e. The molecule has 0 unspecified atom stereocenters. The van der Waals surface area contributed by atoms with Crippen LogP contribution in [-0.2, 0) is 16.6 Å². The van der Waals surface area contributed by atoms with Crippen molar-refractivity contribution in [1.82, 2.24) is 9.62 Å². The number of sulfonamides is 1. The Labute approximate surface area is 167 Å². The fourth-order valence-corrected chi connectivity index (χ4v) is 4.76. The third-order valence-electron chi connectivity index (χ3n) is 4.95. The summed E-state index contributed by atoms with van der Waals surface area (Å²) in [6.45, 7) is 1.52. The van der Waals surface area contributed by atoms with Gasteiger partial charge < -0.3 is 10.2 Å². The number of nitrogens with zero attached hydrogens (tertiary/aromatic N) is 2. The first-order valence-electron chi connectivity index (χ1n) is 9.52. The van der Waals surface area contributed by atoms with E-state index in [4.69, 9.17) is 0 Å². The van der Waals surface area contributed by atoms with Crippen molar-refractivity contribution in [2.24, 2.45) is 0 Å². The van der Waals surface area contributed by atoms with E-state index in [2.05, 4.69) is 5.32 Å². The Balaban J connectivity index is 1.63. The van der Waals surface area contributed by atoms with Crippen molar-refractivity contribution in [2.75, 3.05) is 32.1 Å². The predicted octanol–water partition coefficient (Wildman–Crippen LogP) is 2.86. The SMILES string of the molecule is CN(C)c1cccc(C(=O)NCc2ccc(S(=O)(=O)N3CCCCC3)cc2)c1. The van der Waals surface area contributed by atoms with E-state index < -0.39 is 10.0 Å². The predicted molar refractivity (Wildman–Crippen MR) is 111 cm³/mol. The second-order valence-electron chi connectivity index (χ2n) is 7.24. The van der Waals surface area contributed by atoms with Crippen LogP contribution in [0.4, 0.5) is 5.69 Å². The van der Waals surface area contributed by atoms with Gasteiger partial charge in [-0.25, -0.2) is 8.42 Å². The Morgan fingerprint density at radius 3 is 2.36 bits per heavy atom. The van der Waals surface area contributed by atoms with E-state index in [9.17, 15) is 13.2 Å². The Morgan fingerprint density at radius 1 is 1.04 bits per heavy atom. The zero-order valence-electron chi connectivity index (χ0n) is 16.4. The molecule has 1 amide bonds. The summed E-state index contributed by atoms with van der Waals surface area (Å²) in [5.41, 5.74) is 2.41. The van der Waals surface area contributed by atoms with Gasteiger partial charge in [0.15, 0.2) is 0 Å². The summed E-state index contributed by atoms with van der Waals surface area (Å²) in [6, 6.07) is 14.2. The maximum atomic E-state index is 12.7. The number of benzene rings is 2. The monoisotopic (exact) mass is 401 g/mol. The molecule has 1 aliphatic heterocycles. The van der Waals surface area contributed by atoms with Gasteiger partial charge >= 0.3 is 0 Å². The van der Waals surface area contributed by atoms with Gasteiger partial charge in [-0.2, -0.15) is 4.31 Å². The van der Waals surface area contributed by atoms with Gasteiger partial charge in [0.1, 0.15) is 0 Å². The highest BCUT2D eigenvalue weighted by Gasteiger charge is 2.25. The number of nitrogens with one attached hydrogen (secondary N) is 1. The van der Waals surface area contributed by atoms with Gasteiger partial charge in [0.25, 0.3) is 5.91 Å². The summed E-state index contributed by atoms with van der Waals surface area (Å²) in [7, 11) is 0.430. The first-order chi connectivity index (χ1) is 13.4. The summed E-state index contributed by atoms with van der Waals surface area (Å²) < 4.78 is 26.9. The molecule has 0 atom stereocenters. The Morgan fingerprint density at radius 2 is 1.71 bits per heavy atom. The lowest BCUT2D eigenvalue weighted by atomic mass is 10.1. The van der Waals surface area contributed by atoms with Crippen LogP contribution in [0.5, 0.6) is 0 Å². The van der Waals surface area contributed by atoms with E-state index in [0.29, 0.717) is 30.1 Å². The zero-order valence-corrected chi connectivity index (χ0v) is 17.2. The fourth-order valence-electron chi connectivity index (χ4n) is 3.24. The standard InChI is InChI=1S/C21H27N3O3S/c1-23(2)19-8-6-7-18(15-19)21(25)22-16-17-9-11-20(12-10-17)28(26,27)24-13-4-3-5-14-24/h6-12,15H,3-5,13-14,16H2,1-2H3,(H,22,25). The molecule has 0 saturated carbocycles. The Kier molecular flexibility index (Phi) is 6.36. The van der Waals surface area contributed by atoms with Crippen LogP contribution in [0, 0.1) is 0 Å². The number of carbonyl (C=O) groups is 1. The van der Waals surface area contributed by atoms with Gasteiger partial charge in [-0.3, -0.25) is 4.79 Å². The average molecular weight is 402 g/mol. The highest BCUT2D eigenvalue weighted by molar-refractivity contribution is 7.89. The zero-order chi connectivity index (χ0) is 20.1. The van der Waals surface area contributed by atoms with E-state index in [1.165, 1.54) is 0 Å². The summed E-state index contributed by atoms with van der Waals surface area (Å²) >= 11 is 0. The number of amides is 1. The normalized spacial score (nSPS) is 15.2. The van der Waals surface area contributed by atoms with Crippen molar-refractivity contribution in [1.29, 1.82) is 0 Å². The molecule has 7 heteroatoms. The van der Waals surface area contributed by atoms with Crippen LogP contribution in [0.3, 0.4) is 0 Å². The molecule has 0 aromatic heterocycles. The number of anilines is 1. The third kappa shape index (κ3) is 4.72. The van der Waals surface area contributed by atoms with E-state index in [0.717, 1.165) is 30.5 Å². The number of rotatable bonds is 6. The van der Waals surface area contributed by atoms with Crippen molar-refractivity contribution in [2.45, 2.75) is 30.7 Å². The minimum absolute atomic E-state index is 0.159. The minimum Gasteiger partial charge on any atom is -0.378 e. The van der Waals surface area contributed by atoms with Crippen molar-refractivity contribution in [3.8, 4) is 0 Å². The van der Waals surface area contributed by atoms with Gasteiger partial charge in [-0.05, 0) is 48.7 Å². The topological polar surface area (TPSA) is 69.7 Å². The van der Waals surface area contributed by atoms with Gasteiger partial charge in [0, 0.05) is 45.0 Å². The highest BCUT2D eigenvalue weighted by atomic mass is 32.2. The summed E-state index contributed by atoms with van der Waals surface area (Å²) in [5.74, 6) is -0.159. The molecule has 6 nitrogen and oxygen atoms in total. The number of hydrogen-bond acceptors (Lipinski definition) is 4. The third-order valence-corrected chi connectivity index (χ3v) is 6.87. The lowest BCUT2D eigenvalue weighted by Crippen LogP contribution is -2.35. The highest BCUT2D eigenvalue weighted by Crippen LogP contribution is 2.21. The molecule has 3 rings (SSSR count). The summed E-state index contributed by atoms with van der Waals surface area (Å²) in [4.78, 5) is 14.6. The number of carbonyl (C=O) groups excluding carboxylic acids is 1. The van der Waals surface area contributed by atoms with Crippen molar-refractivity contribution >= 4 is 21.6 Å². The molecule has 1 aliphatic rings. The molecule has 0 aliphatic carbocycles. The molecule has 28 heavy (non-hydrogen) atoms. The van der Waals surface area contributed by atoms with Crippen molar-refractivity contribution in [3.05, 3.63) is 59.7 Å². The van der Waals surface area contributed by atoms with Gasteiger partial charge in [0.2, 0.25) is 10.0 Å². The maximum Gasteiger partial charge on any atom is 0.251 e. The summed E-state index contributed by atoms with van der Waals surface area (Å²) in [5, 5.41) is 2.89. The van der Waals surface area contributed by atoms with Crippen LogP contribution in [0.1, 0.15) is 35.2 Å². The van der Waals surface area contributed by atoms with E-state index in [1.54, 1.807) is 34.6 Å². The van der Waals surface area contributed by atoms with Gasteiger partial charge in [-0.15, -0.1) is 0 Å². The molecular weight excluding hydrogens is 374 g/mol. The van der Waals surface area contributed by atoms with E-state index in [1.807, 2.05) is 37.2 Å².